The maximum absolute atomic E-state index is 10.8. The first-order valence-corrected chi connectivity index (χ1v) is 4.96. The molecule has 2 rings (SSSR count). The fourth-order valence-corrected chi connectivity index (χ4v) is 1.69. The molecule has 2 aliphatic rings. The fraction of sp³-hybridized carbons (Fsp3) is 0.455. The standard InChI is InChI=1S/C11H13N2O/c1-8-2-4-9(5-3-8)10-6-7-11(14)13-12-10/h4,6-8H,2-3,5H2,1H3. The molecule has 1 unspecified atom stereocenters. The Morgan fingerprint density at radius 1 is 1.43 bits per heavy atom. The summed E-state index contributed by atoms with van der Waals surface area (Å²) in [6.07, 6.45) is 8.80. The highest BCUT2D eigenvalue weighted by atomic mass is 16.2. The molecule has 0 saturated carbocycles. The van der Waals surface area contributed by atoms with E-state index < -0.39 is 0 Å². The van der Waals surface area contributed by atoms with E-state index in [9.17, 15) is 4.79 Å². The van der Waals surface area contributed by atoms with Gasteiger partial charge in [-0.3, -0.25) is 4.79 Å². The largest absolute Gasteiger partial charge is 0.288 e. The van der Waals surface area contributed by atoms with Gasteiger partial charge in [-0.2, -0.15) is 0 Å². The molecule has 1 radical (unpaired) electrons. The van der Waals surface area contributed by atoms with Crippen molar-refractivity contribution in [2.45, 2.75) is 26.2 Å². The molecule has 0 saturated heterocycles. The molecule has 1 atom stereocenters. The summed E-state index contributed by atoms with van der Waals surface area (Å²) < 4.78 is 0. The molecule has 3 heteroatoms. The van der Waals surface area contributed by atoms with Crippen LogP contribution in [0.2, 0.25) is 0 Å². The van der Waals surface area contributed by atoms with Crippen molar-refractivity contribution in [2.24, 2.45) is 11.0 Å². The molecule has 1 amide bonds. The highest BCUT2D eigenvalue weighted by molar-refractivity contribution is 6.13. The van der Waals surface area contributed by atoms with Gasteiger partial charge in [0.15, 0.2) is 0 Å². The number of hydrogen-bond acceptors (Lipinski definition) is 2. The van der Waals surface area contributed by atoms with Crippen LogP contribution >= 0.6 is 0 Å². The van der Waals surface area contributed by atoms with Crippen LogP contribution in [0.25, 0.3) is 0 Å². The molecule has 0 fully saturated rings. The summed E-state index contributed by atoms with van der Waals surface area (Å²) in [5, 5.41) is 3.90. The summed E-state index contributed by atoms with van der Waals surface area (Å²) in [7, 11) is 0. The molecule has 1 aliphatic heterocycles. The lowest BCUT2D eigenvalue weighted by atomic mass is 9.89. The Morgan fingerprint density at radius 2 is 2.29 bits per heavy atom. The maximum atomic E-state index is 10.8. The van der Waals surface area contributed by atoms with Gasteiger partial charge in [0.1, 0.15) is 0 Å². The Balaban J connectivity index is 2.10. The fourth-order valence-electron chi connectivity index (χ4n) is 1.69. The number of nitrogens with zero attached hydrogens (tertiary/aromatic N) is 2. The molecule has 0 aromatic carbocycles. The Kier molecular flexibility index (Phi) is 2.48. The van der Waals surface area contributed by atoms with Gasteiger partial charge >= 0.3 is 0 Å². The summed E-state index contributed by atoms with van der Waals surface area (Å²) in [4.78, 5) is 10.8. The average Bonchev–Trinajstić information content (AvgIpc) is 2.21. The third kappa shape index (κ3) is 1.92. The second kappa shape index (κ2) is 3.78. The van der Waals surface area contributed by atoms with Crippen molar-refractivity contribution in [3.05, 3.63) is 23.8 Å². The molecule has 0 aromatic heterocycles. The Morgan fingerprint density at radius 3 is 2.86 bits per heavy atom. The molecule has 0 aromatic rings. The van der Waals surface area contributed by atoms with Gasteiger partial charge in [-0.1, -0.05) is 13.0 Å². The zero-order valence-corrected chi connectivity index (χ0v) is 8.23. The molecular weight excluding hydrogens is 176 g/mol. The number of amides is 1. The quantitative estimate of drug-likeness (QED) is 0.620. The summed E-state index contributed by atoms with van der Waals surface area (Å²) in [6, 6.07) is 0. The van der Waals surface area contributed by atoms with E-state index in [0.717, 1.165) is 24.5 Å². The lowest BCUT2D eigenvalue weighted by Crippen LogP contribution is -2.17. The lowest BCUT2D eigenvalue weighted by Gasteiger charge is -2.18. The monoisotopic (exact) mass is 189 g/mol. The van der Waals surface area contributed by atoms with Crippen LogP contribution in [0.5, 0.6) is 0 Å². The van der Waals surface area contributed by atoms with Crippen LogP contribution in [0.4, 0.5) is 0 Å². The molecule has 0 N–H and O–H groups in total. The van der Waals surface area contributed by atoms with Crippen molar-refractivity contribution in [1.29, 1.82) is 0 Å². The third-order valence-electron chi connectivity index (χ3n) is 2.64. The van der Waals surface area contributed by atoms with Crippen LogP contribution in [-0.2, 0) is 4.79 Å². The van der Waals surface area contributed by atoms with Crippen LogP contribution < -0.4 is 5.43 Å². The first kappa shape index (κ1) is 9.19. The zero-order chi connectivity index (χ0) is 9.97. The summed E-state index contributed by atoms with van der Waals surface area (Å²) >= 11 is 0. The number of carbonyl (C=O) groups excluding carboxylic acids is 1. The van der Waals surface area contributed by atoms with E-state index in [4.69, 9.17) is 0 Å². The molecule has 0 spiro atoms. The number of allylic oxidation sites excluding steroid dienone is 3. The maximum Gasteiger partial charge on any atom is 0.288 e. The van der Waals surface area contributed by atoms with Crippen LogP contribution in [0.3, 0.4) is 0 Å². The molecule has 73 valence electrons. The van der Waals surface area contributed by atoms with Gasteiger partial charge in [0.25, 0.3) is 5.91 Å². The summed E-state index contributed by atoms with van der Waals surface area (Å²) in [5.41, 5.74) is 5.62. The van der Waals surface area contributed by atoms with Gasteiger partial charge in [0.05, 0.1) is 5.71 Å². The Labute approximate surface area is 83.6 Å². The number of rotatable bonds is 1. The molecule has 14 heavy (non-hydrogen) atoms. The second-order valence-corrected chi connectivity index (χ2v) is 3.87. The predicted octanol–water partition coefficient (Wildman–Crippen LogP) is 1.79. The van der Waals surface area contributed by atoms with Crippen molar-refractivity contribution in [2.75, 3.05) is 0 Å². The number of carbonyl (C=O) groups is 1. The Hall–Kier alpha value is -1.38. The van der Waals surface area contributed by atoms with Gasteiger partial charge < -0.3 is 0 Å². The van der Waals surface area contributed by atoms with Crippen molar-refractivity contribution < 1.29 is 4.79 Å². The first-order valence-electron chi connectivity index (χ1n) is 4.96. The highest BCUT2D eigenvalue weighted by Gasteiger charge is 2.15. The van der Waals surface area contributed by atoms with E-state index in [1.807, 2.05) is 0 Å². The zero-order valence-electron chi connectivity index (χ0n) is 8.23. The smallest absolute Gasteiger partial charge is 0.266 e. The SMILES string of the molecule is CC1CC=C(C2=N[N]C(=O)C=C2)CC1. The van der Waals surface area contributed by atoms with Gasteiger partial charge in [-0.15, -0.1) is 10.5 Å². The highest BCUT2D eigenvalue weighted by Crippen LogP contribution is 2.24. The van der Waals surface area contributed by atoms with E-state index in [0.29, 0.717) is 0 Å². The van der Waals surface area contributed by atoms with Gasteiger partial charge in [-0.25, -0.2) is 0 Å². The van der Waals surface area contributed by atoms with Gasteiger partial charge in [0, 0.05) is 6.08 Å². The van der Waals surface area contributed by atoms with Crippen LogP contribution in [0.1, 0.15) is 26.2 Å². The second-order valence-electron chi connectivity index (χ2n) is 3.87. The number of hydrogen-bond donors (Lipinski definition) is 0. The summed E-state index contributed by atoms with van der Waals surface area (Å²) in [5.74, 6) is 0.504. The van der Waals surface area contributed by atoms with Crippen molar-refractivity contribution in [3.63, 3.8) is 0 Å². The van der Waals surface area contributed by atoms with E-state index in [2.05, 4.69) is 23.5 Å². The van der Waals surface area contributed by atoms with Crippen molar-refractivity contribution in [3.8, 4) is 0 Å². The molecular formula is C11H13N2O. The van der Waals surface area contributed by atoms with E-state index in [1.165, 1.54) is 18.1 Å². The molecule has 1 heterocycles. The predicted molar refractivity (Wildman–Crippen MR) is 54.8 cm³/mol. The minimum absolute atomic E-state index is 0.265. The van der Waals surface area contributed by atoms with Crippen LogP contribution in [0.15, 0.2) is 28.9 Å². The minimum Gasteiger partial charge on any atom is -0.266 e. The van der Waals surface area contributed by atoms with E-state index >= 15 is 0 Å². The van der Waals surface area contributed by atoms with Crippen molar-refractivity contribution in [1.82, 2.24) is 5.43 Å². The van der Waals surface area contributed by atoms with E-state index in [1.54, 1.807) is 6.08 Å². The minimum atomic E-state index is -0.265. The van der Waals surface area contributed by atoms with Crippen molar-refractivity contribution >= 4 is 11.6 Å². The molecule has 0 bridgehead atoms. The van der Waals surface area contributed by atoms with Gasteiger partial charge in [0.2, 0.25) is 0 Å². The van der Waals surface area contributed by atoms with Crippen LogP contribution in [0, 0.1) is 5.92 Å². The Bertz CT molecular complexity index is 339. The molecule has 1 aliphatic carbocycles. The summed E-state index contributed by atoms with van der Waals surface area (Å²) in [6.45, 7) is 2.25. The first-order chi connectivity index (χ1) is 6.75. The average molecular weight is 189 g/mol. The third-order valence-corrected chi connectivity index (χ3v) is 2.64. The van der Waals surface area contributed by atoms with Gasteiger partial charge in [-0.05, 0) is 36.8 Å². The van der Waals surface area contributed by atoms with E-state index in [-0.39, 0.29) is 5.91 Å². The topological polar surface area (TPSA) is 43.5 Å². The lowest BCUT2D eigenvalue weighted by molar-refractivity contribution is -0.116. The normalized spacial score (nSPS) is 26.6. The molecule has 3 nitrogen and oxygen atoms in total. The van der Waals surface area contributed by atoms with Crippen LogP contribution in [-0.4, -0.2) is 11.6 Å².